The summed E-state index contributed by atoms with van der Waals surface area (Å²) in [5, 5.41) is 1.10. The van der Waals surface area contributed by atoms with Gasteiger partial charge < -0.3 is 9.47 Å². The molecule has 1 heterocycles. The van der Waals surface area contributed by atoms with Crippen LogP contribution in [0.2, 0.25) is 10.0 Å². The molecule has 0 radical (unpaired) electrons. The van der Waals surface area contributed by atoms with E-state index >= 15 is 0 Å². The maximum atomic E-state index is 13.1. The van der Waals surface area contributed by atoms with Crippen LogP contribution in [-0.2, 0) is 13.7 Å². The van der Waals surface area contributed by atoms with Gasteiger partial charge in [0, 0.05) is 28.9 Å². The molecule has 0 amide bonds. The summed E-state index contributed by atoms with van der Waals surface area (Å²) < 4.78 is 15.8. The van der Waals surface area contributed by atoms with Crippen LogP contribution in [0, 0.1) is 10.5 Å². The van der Waals surface area contributed by atoms with Crippen molar-refractivity contribution in [3.05, 3.63) is 101 Å². The highest BCUT2D eigenvalue weighted by molar-refractivity contribution is 14.1. The number of halogens is 3. The van der Waals surface area contributed by atoms with E-state index in [2.05, 4.69) is 27.6 Å². The number of para-hydroxylation sites is 1. The predicted molar refractivity (Wildman–Crippen MR) is 150 cm³/mol. The normalized spacial score (nSPS) is 11.3. The first kappa shape index (κ1) is 25.3. The number of benzene rings is 3. The molecule has 0 aliphatic carbocycles. The maximum Gasteiger partial charge on any atom is 0.297 e. The van der Waals surface area contributed by atoms with Gasteiger partial charge in [-0.1, -0.05) is 47.5 Å². The Morgan fingerprint density at radius 3 is 2.51 bits per heavy atom. The van der Waals surface area contributed by atoms with Gasteiger partial charge in [-0.2, -0.15) is 0 Å². The Balaban J connectivity index is 1.62. The first-order valence-corrected chi connectivity index (χ1v) is 12.5. The number of hydrogen-bond donors (Lipinski definition) is 0. The molecule has 35 heavy (non-hydrogen) atoms. The lowest BCUT2D eigenvalue weighted by atomic mass is 10.2. The van der Waals surface area contributed by atoms with Crippen LogP contribution in [0.4, 0.5) is 5.69 Å². The molecule has 0 spiro atoms. The molecule has 0 aliphatic heterocycles. The minimum atomic E-state index is -0.186. The Bertz CT molecular complexity index is 1460. The van der Waals surface area contributed by atoms with Gasteiger partial charge in [0.15, 0.2) is 17.2 Å². The van der Waals surface area contributed by atoms with Gasteiger partial charge in [0.05, 0.1) is 22.1 Å². The van der Waals surface area contributed by atoms with Crippen LogP contribution in [0.25, 0.3) is 5.69 Å². The lowest BCUT2D eigenvalue weighted by Crippen LogP contribution is -2.19. The number of hydrogen-bond acceptors (Lipinski definition) is 4. The van der Waals surface area contributed by atoms with E-state index in [0.29, 0.717) is 27.2 Å². The SMILES string of the molecule is COc1cc(C=Nc2c(C)n(C)n(-c3ccccc3)c2=O)cc(I)c1OCc1ccc(Cl)cc1Cl. The van der Waals surface area contributed by atoms with E-state index < -0.39 is 0 Å². The van der Waals surface area contributed by atoms with E-state index in [9.17, 15) is 4.79 Å². The van der Waals surface area contributed by atoms with Gasteiger partial charge in [0.1, 0.15) is 6.61 Å². The number of aliphatic imine (C=N–C) groups is 1. The molecule has 0 N–H and O–H groups in total. The lowest BCUT2D eigenvalue weighted by Gasteiger charge is -2.14. The zero-order valence-corrected chi connectivity index (χ0v) is 22.9. The Labute approximate surface area is 226 Å². The Morgan fingerprint density at radius 2 is 1.83 bits per heavy atom. The van der Waals surface area contributed by atoms with Gasteiger partial charge >= 0.3 is 0 Å². The van der Waals surface area contributed by atoms with E-state index in [4.69, 9.17) is 32.7 Å². The van der Waals surface area contributed by atoms with Crippen LogP contribution in [0.15, 0.2) is 70.5 Å². The van der Waals surface area contributed by atoms with Crippen LogP contribution < -0.4 is 15.0 Å². The molecular weight excluding hydrogens is 600 g/mol. The second-order valence-electron chi connectivity index (χ2n) is 7.73. The largest absolute Gasteiger partial charge is 0.493 e. The van der Waals surface area contributed by atoms with Crippen molar-refractivity contribution in [1.82, 2.24) is 9.36 Å². The molecule has 180 valence electrons. The predicted octanol–water partition coefficient (Wildman–Crippen LogP) is 6.73. The summed E-state index contributed by atoms with van der Waals surface area (Å²) in [6, 6.07) is 18.5. The summed E-state index contributed by atoms with van der Waals surface area (Å²) in [4.78, 5) is 17.6. The van der Waals surface area contributed by atoms with E-state index in [0.717, 1.165) is 26.1 Å². The first-order chi connectivity index (χ1) is 16.8. The van der Waals surface area contributed by atoms with Gasteiger partial charge in [-0.15, -0.1) is 0 Å². The van der Waals surface area contributed by atoms with Crippen molar-refractivity contribution >= 4 is 57.7 Å². The summed E-state index contributed by atoms with van der Waals surface area (Å²) in [7, 11) is 3.42. The summed E-state index contributed by atoms with van der Waals surface area (Å²) >= 11 is 14.4. The Hall–Kier alpha value is -2.75. The highest BCUT2D eigenvalue weighted by Crippen LogP contribution is 2.35. The number of rotatable bonds is 7. The first-order valence-electron chi connectivity index (χ1n) is 10.6. The lowest BCUT2D eigenvalue weighted by molar-refractivity contribution is 0.282. The highest BCUT2D eigenvalue weighted by atomic mass is 127. The molecule has 0 saturated heterocycles. The van der Waals surface area contributed by atoms with Crippen LogP contribution in [-0.4, -0.2) is 22.7 Å². The van der Waals surface area contributed by atoms with Crippen molar-refractivity contribution in [2.75, 3.05) is 7.11 Å². The smallest absolute Gasteiger partial charge is 0.297 e. The summed E-state index contributed by atoms with van der Waals surface area (Å²) in [6.07, 6.45) is 1.66. The minimum Gasteiger partial charge on any atom is -0.493 e. The second kappa shape index (κ2) is 10.9. The Morgan fingerprint density at radius 1 is 1.09 bits per heavy atom. The second-order valence-corrected chi connectivity index (χ2v) is 9.73. The molecule has 0 atom stereocenters. The molecule has 0 saturated carbocycles. The van der Waals surface area contributed by atoms with E-state index in [1.54, 1.807) is 34.8 Å². The maximum absolute atomic E-state index is 13.1. The van der Waals surface area contributed by atoms with E-state index in [-0.39, 0.29) is 12.2 Å². The highest BCUT2D eigenvalue weighted by Gasteiger charge is 2.16. The zero-order valence-electron chi connectivity index (χ0n) is 19.3. The summed E-state index contributed by atoms with van der Waals surface area (Å²) in [5.74, 6) is 1.15. The van der Waals surface area contributed by atoms with Crippen LogP contribution in [0.1, 0.15) is 16.8 Å². The molecule has 0 fully saturated rings. The van der Waals surface area contributed by atoms with E-state index in [1.165, 1.54) is 0 Å². The van der Waals surface area contributed by atoms with Crippen LogP contribution in [0.5, 0.6) is 11.5 Å². The fourth-order valence-corrected chi connectivity index (χ4v) is 4.83. The third-order valence-corrected chi connectivity index (χ3v) is 6.89. The van der Waals surface area contributed by atoms with Crippen molar-refractivity contribution in [1.29, 1.82) is 0 Å². The van der Waals surface area contributed by atoms with Gasteiger partial charge in [-0.25, -0.2) is 9.67 Å². The minimum absolute atomic E-state index is 0.186. The van der Waals surface area contributed by atoms with Crippen molar-refractivity contribution in [3.8, 4) is 17.2 Å². The van der Waals surface area contributed by atoms with Crippen LogP contribution in [0.3, 0.4) is 0 Å². The van der Waals surface area contributed by atoms with E-state index in [1.807, 2.05) is 62.5 Å². The van der Waals surface area contributed by atoms with Gasteiger partial charge in [0.25, 0.3) is 5.56 Å². The molecular formula is C26H22Cl2IN3O3. The number of nitrogens with zero attached hydrogens (tertiary/aromatic N) is 3. The molecule has 0 aliphatic rings. The molecule has 4 rings (SSSR count). The monoisotopic (exact) mass is 621 g/mol. The Kier molecular flexibility index (Phi) is 7.88. The molecule has 6 nitrogen and oxygen atoms in total. The average Bonchev–Trinajstić information content (AvgIpc) is 3.05. The molecule has 3 aromatic carbocycles. The van der Waals surface area contributed by atoms with Gasteiger partial charge in [-0.3, -0.25) is 9.48 Å². The third kappa shape index (κ3) is 5.42. The standard InChI is InChI=1S/C26H22Cl2IN3O3/c1-16-24(26(33)32(31(16)2)20-7-5-4-6-8-20)30-14-17-11-22(29)25(23(12-17)34-3)35-15-18-9-10-19(27)13-21(18)28/h4-14H,15H2,1-3H3. The van der Waals surface area contributed by atoms with Crippen molar-refractivity contribution in [2.45, 2.75) is 13.5 Å². The molecule has 1 aromatic heterocycles. The summed E-state index contributed by atoms with van der Waals surface area (Å²) in [5.41, 5.74) is 3.32. The van der Waals surface area contributed by atoms with Crippen molar-refractivity contribution in [3.63, 3.8) is 0 Å². The molecule has 0 bridgehead atoms. The zero-order chi connectivity index (χ0) is 25.1. The molecule has 9 heteroatoms. The quantitative estimate of drug-likeness (QED) is 0.170. The third-order valence-electron chi connectivity index (χ3n) is 5.51. The van der Waals surface area contributed by atoms with Gasteiger partial charge in [0.2, 0.25) is 0 Å². The number of methoxy groups -OCH3 is 1. The fourth-order valence-electron chi connectivity index (χ4n) is 3.58. The number of aromatic nitrogens is 2. The topological polar surface area (TPSA) is 57.8 Å². The van der Waals surface area contributed by atoms with Crippen LogP contribution >= 0.6 is 45.8 Å². The molecule has 4 aromatic rings. The number of ether oxygens (including phenoxy) is 2. The van der Waals surface area contributed by atoms with Gasteiger partial charge in [-0.05, 0) is 71.5 Å². The molecule has 0 unspecified atom stereocenters. The summed E-state index contributed by atoms with van der Waals surface area (Å²) in [6.45, 7) is 2.13. The average molecular weight is 622 g/mol. The fraction of sp³-hybridized carbons (Fsp3) is 0.154. The van der Waals surface area contributed by atoms with Crippen molar-refractivity contribution in [2.24, 2.45) is 12.0 Å². The van der Waals surface area contributed by atoms with Crippen molar-refractivity contribution < 1.29 is 9.47 Å².